The molecule has 0 spiro atoms. The van der Waals surface area contributed by atoms with Gasteiger partial charge >= 0.3 is 0 Å². The fraction of sp³-hybridized carbons (Fsp3) is 0.217. The molecule has 0 radical (unpaired) electrons. The smallest absolute Gasteiger partial charge is 0.214 e. The van der Waals surface area contributed by atoms with Crippen LogP contribution >= 0.6 is 0 Å². The Bertz CT molecular complexity index is 1150. The maximum absolute atomic E-state index is 13.8. The molecule has 1 N–H and O–H groups in total. The number of benzene rings is 2. The molecule has 1 atom stereocenters. The Balaban J connectivity index is 2.00. The Hall–Kier alpha value is -3.21. The van der Waals surface area contributed by atoms with Gasteiger partial charge < -0.3 is 4.98 Å². The van der Waals surface area contributed by atoms with Crippen molar-refractivity contribution in [1.29, 1.82) is 0 Å². The van der Waals surface area contributed by atoms with Gasteiger partial charge in [0.15, 0.2) is 0 Å². The van der Waals surface area contributed by atoms with Gasteiger partial charge in [-0.1, -0.05) is 42.5 Å². The summed E-state index contributed by atoms with van der Waals surface area (Å²) in [6, 6.07) is 14.6. The van der Waals surface area contributed by atoms with Crippen LogP contribution in [0, 0.1) is 22.9 Å². The number of nitrogens with zero attached hydrogens (tertiary/aromatic N) is 1. The molecular weight excluding hydrogens is 355 g/mol. The molecule has 0 aliphatic heterocycles. The SMILES string of the molecule is Cc1cc(-c2[nH]c3c(c2C(C[N+](=O)[O-])c2ccccc2)=CCCC=3)ccc1F. The van der Waals surface area contributed by atoms with E-state index in [1.807, 2.05) is 30.3 Å². The van der Waals surface area contributed by atoms with Gasteiger partial charge in [-0.25, -0.2) is 4.39 Å². The van der Waals surface area contributed by atoms with Gasteiger partial charge in [0.25, 0.3) is 0 Å². The minimum absolute atomic E-state index is 0.199. The normalized spacial score (nSPS) is 13.9. The molecule has 0 bridgehead atoms. The highest BCUT2D eigenvalue weighted by molar-refractivity contribution is 5.68. The molecule has 142 valence electrons. The first-order valence-corrected chi connectivity index (χ1v) is 9.40. The molecule has 2 aromatic carbocycles. The molecule has 1 aliphatic rings. The molecule has 0 saturated heterocycles. The topological polar surface area (TPSA) is 58.9 Å². The minimum Gasteiger partial charge on any atom is -0.355 e. The van der Waals surface area contributed by atoms with E-state index in [0.717, 1.165) is 45.8 Å². The Morgan fingerprint density at radius 1 is 1.14 bits per heavy atom. The molecule has 5 heteroatoms. The van der Waals surface area contributed by atoms with Gasteiger partial charge in [0.05, 0.1) is 11.6 Å². The molecule has 4 nitrogen and oxygen atoms in total. The summed E-state index contributed by atoms with van der Waals surface area (Å²) in [7, 11) is 0. The number of aromatic amines is 1. The van der Waals surface area contributed by atoms with Gasteiger partial charge in [0, 0.05) is 10.3 Å². The van der Waals surface area contributed by atoms with Crippen molar-refractivity contribution >= 4 is 12.2 Å². The number of nitro groups is 1. The fourth-order valence-corrected chi connectivity index (χ4v) is 3.97. The van der Waals surface area contributed by atoms with Gasteiger partial charge in [-0.2, -0.15) is 0 Å². The third-order valence-electron chi connectivity index (χ3n) is 5.30. The molecule has 0 saturated carbocycles. The zero-order valence-electron chi connectivity index (χ0n) is 15.6. The largest absolute Gasteiger partial charge is 0.355 e. The fourth-order valence-electron chi connectivity index (χ4n) is 3.97. The molecule has 1 aliphatic carbocycles. The Morgan fingerprint density at radius 3 is 2.61 bits per heavy atom. The molecule has 4 rings (SSSR count). The summed E-state index contributed by atoms with van der Waals surface area (Å²) in [6.07, 6.45) is 6.11. The van der Waals surface area contributed by atoms with Gasteiger partial charge in [-0.05, 0) is 65.4 Å². The first-order chi connectivity index (χ1) is 13.5. The van der Waals surface area contributed by atoms with Crippen LogP contribution in [0.4, 0.5) is 4.39 Å². The summed E-state index contributed by atoms with van der Waals surface area (Å²) in [5, 5.41) is 13.5. The van der Waals surface area contributed by atoms with Crippen LogP contribution in [0.5, 0.6) is 0 Å². The Labute approximate surface area is 162 Å². The lowest BCUT2D eigenvalue weighted by Crippen LogP contribution is -2.30. The van der Waals surface area contributed by atoms with Gasteiger partial charge in [-0.3, -0.25) is 10.1 Å². The van der Waals surface area contributed by atoms with Crippen LogP contribution in [0.1, 0.15) is 35.4 Å². The lowest BCUT2D eigenvalue weighted by atomic mass is 9.87. The van der Waals surface area contributed by atoms with Crippen LogP contribution in [0.15, 0.2) is 48.5 Å². The van der Waals surface area contributed by atoms with E-state index >= 15 is 0 Å². The van der Waals surface area contributed by atoms with Crippen LogP contribution in [0.3, 0.4) is 0 Å². The van der Waals surface area contributed by atoms with Gasteiger partial charge in [-0.15, -0.1) is 0 Å². The van der Waals surface area contributed by atoms with Crippen molar-refractivity contribution in [2.24, 2.45) is 0 Å². The second kappa shape index (κ2) is 7.43. The van der Waals surface area contributed by atoms with Crippen molar-refractivity contribution in [1.82, 2.24) is 4.98 Å². The summed E-state index contributed by atoms with van der Waals surface area (Å²) in [5.41, 5.74) is 4.04. The number of aryl methyl sites for hydroxylation is 1. The van der Waals surface area contributed by atoms with Crippen molar-refractivity contribution in [3.05, 3.63) is 91.7 Å². The van der Waals surface area contributed by atoms with Crippen LogP contribution in [-0.4, -0.2) is 16.5 Å². The summed E-state index contributed by atoms with van der Waals surface area (Å²) < 4.78 is 13.8. The lowest BCUT2D eigenvalue weighted by molar-refractivity contribution is -0.481. The number of fused-ring (bicyclic) bond motifs is 1. The zero-order valence-corrected chi connectivity index (χ0v) is 15.6. The quantitative estimate of drug-likeness (QED) is 0.542. The molecule has 1 unspecified atom stereocenters. The maximum atomic E-state index is 13.8. The van der Waals surface area contributed by atoms with E-state index in [1.165, 1.54) is 6.07 Å². The summed E-state index contributed by atoms with van der Waals surface area (Å²) in [6.45, 7) is 1.53. The lowest BCUT2D eigenvalue weighted by Gasteiger charge is -2.16. The standard InChI is InChI=1S/C23H21FN2O2/c1-15-13-17(11-12-20(15)24)23-22(18-9-5-6-10-21(18)25-23)19(14-26(27)28)16-7-3-2-4-8-16/h2-4,7-13,19,25H,5-6,14H2,1H3. The third-order valence-corrected chi connectivity index (χ3v) is 5.30. The first-order valence-electron chi connectivity index (χ1n) is 9.40. The molecular formula is C23H21FN2O2. The first kappa shape index (κ1) is 18.2. The van der Waals surface area contributed by atoms with Gasteiger partial charge in [0.2, 0.25) is 6.54 Å². The van der Waals surface area contributed by atoms with Crippen molar-refractivity contribution in [3.8, 4) is 11.3 Å². The number of aromatic nitrogens is 1. The molecule has 1 heterocycles. The van der Waals surface area contributed by atoms with Crippen LogP contribution in [-0.2, 0) is 0 Å². The van der Waals surface area contributed by atoms with E-state index in [9.17, 15) is 14.5 Å². The van der Waals surface area contributed by atoms with E-state index < -0.39 is 0 Å². The predicted octanol–water partition coefficient (Wildman–Crippen LogP) is 3.89. The molecule has 0 fully saturated rings. The van der Waals surface area contributed by atoms with Crippen LogP contribution in [0.2, 0.25) is 0 Å². The summed E-state index contributed by atoms with van der Waals surface area (Å²) in [4.78, 5) is 14.7. The van der Waals surface area contributed by atoms with Crippen molar-refractivity contribution in [3.63, 3.8) is 0 Å². The second-order valence-electron chi connectivity index (χ2n) is 7.17. The number of hydrogen-bond acceptors (Lipinski definition) is 2. The van der Waals surface area contributed by atoms with E-state index in [1.54, 1.807) is 19.1 Å². The van der Waals surface area contributed by atoms with Crippen molar-refractivity contribution in [2.45, 2.75) is 25.7 Å². The van der Waals surface area contributed by atoms with E-state index in [-0.39, 0.29) is 23.2 Å². The second-order valence-corrected chi connectivity index (χ2v) is 7.17. The monoisotopic (exact) mass is 376 g/mol. The molecule has 0 amide bonds. The number of nitrogens with one attached hydrogen (secondary N) is 1. The summed E-state index contributed by atoms with van der Waals surface area (Å²) in [5.74, 6) is -0.649. The zero-order chi connectivity index (χ0) is 19.7. The van der Waals surface area contributed by atoms with E-state index in [0.29, 0.717) is 5.56 Å². The predicted molar refractivity (Wildman–Crippen MR) is 108 cm³/mol. The minimum atomic E-state index is -0.390. The highest BCUT2D eigenvalue weighted by Crippen LogP contribution is 2.31. The van der Waals surface area contributed by atoms with Crippen molar-refractivity contribution in [2.75, 3.05) is 6.54 Å². The summed E-state index contributed by atoms with van der Waals surface area (Å²) >= 11 is 0. The van der Waals surface area contributed by atoms with Gasteiger partial charge in [0.1, 0.15) is 5.82 Å². The number of hydrogen-bond donors (Lipinski definition) is 1. The highest BCUT2D eigenvalue weighted by atomic mass is 19.1. The highest BCUT2D eigenvalue weighted by Gasteiger charge is 2.27. The molecule has 28 heavy (non-hydrogen) atoms. The number of H-pyrrole nitrogens is 1. The van der Waals surface area contributed by atoms with Crippen molar-refractivity contribution < 1.29 is 9.31 Å². The van der Waals surface area contributed by atoms with E-state index in [2.05, 4.69) is 17.1 Å². The Kier molecular flexibility index (Phi) is 4.82. The van der Waals surface area contributed by atoms with E-state index in [4.69, 9.17) is 0 Å². The molecule has 1 aromatic heterocycles. The maximum Gasteiger partial charge on any atom is 0.214 e. The Morgan fingerprint density at radius 2 is 1.89 bits per heavy atom. The number of rotatable bonds is 5. The van der Waals surface area contributed by atoms with Crippen LogP contribution in [0.25, 0.3) is 23.4 Å². The van der Waals surface area contributed by atoms with Crippen LogP contribution < -0.4 is 10.6 Å². The number of halogens is 1. The average molecular weight is 376 g/mol. The average Bonchev–Trinajstić information content (AvgIpc) is 3.08. The third kappa shape index (κ3) is 3.36. The molecule has 3 aromatic rings.